The first-order valence-corrected chi connectivity index (χ1v) is 8.23. The minimum absolute atomic E-state index is 0.0000610. The summed E-state index contributed by atoms with van der Waals surface area (Å²) in [6.07, 6.45) is 0.394. The van der Waals surface area contributed by atoms with E-state index < -0.39 is 0 Å². The zero-order chi connectivity index (χ0) is 15.2. The summed E-state index contributed by atoms with van der Waals surface area (Å²) in [6.45, 7) is 1.61. The molecule has 5 nitrogen and oxygen atoms in total. The molecular weight excluding hydrogens is 405 g/mol. The molecule has 1 aromatic carbocycles. The van der Waals surface area contributed by atoms with Crippen molar-refractivity contribution in [3.63, 3.8) is 0 Å². The number of aromatic nitrogens is 2. The Bertz CT molecular complexity index is 630. The summed E-state index contributed by atoms with van der Waals surface area (Å²) >= 11 is 8.21. The molecule has 1 heterocycles. The number of hydrogen-bond acceptors (Lipinski definition) is 3. The second-order valence-electron chi connectivity index (χ2n) is 4.54. The molecule has 0 spiro atoms. The number of aryl methyl sites for hydroxylation is 1. The zero-order valence-electron chi connectivity index (χ0n) is 11.7. The normalized spacial score (nSPS) is 11.0. The molecule has 0 bridgehead atoms. The van der Waals surface area contributed by atoms with Gasteiger partial charge in [0.1, 0.15) is 5.82 Å². The third kappa shape index (κ3) is 4.31. The van der Waals surface area contributed by atoms with E-state index in [-0.39, 0.29) is 5.91 Å². The monoisotopic (exact) mass is 421 g/mol. The maximum Gasteiger partial charge on any atom is 0.221 e. The highest BCUT2D eigenvalue weighted by Crippen LogP contribution is 2.20. The van der Waals surface area contributed by atoms with Crippen molar-refractivity contribution < 1.29 is 9.53 Å². The lowest BCUT2D eigenvalue weighted by Gasteiger charge is -2.08. The number of rotatable bonds is 7. The molecule has 0 atom stereocenters. The number of nitrogens with one attached hydrogen (secondary N) is 1. The van der Waals surface area contributed by atoms with Gasteiger partial charge in [-0.2, -0.15) is 0 Å². The van der Waals surface area contributed by atoms with Crippen LogP contribution in [0.5, 0.6) is 0 Å². The van der Waals surface area contributed by atoms with E-state index in [2.05, 4.69) is 32.9 Å². The Hall–Kier alpha value is -0.860. The first-order valence-electron chi connectivity index (χ1n) is 6.62. The van der Waals surface area contributed by atoms with Gasteiger partial charge in [0.25, 0.3) is 0 Å². The standard InChI is InChI=1S/C14H17ClIN3O2/c1-21-7-5-17-14(20)4-6-19-12-3-2-10(16)8-11(12)18-13(19)9-15/h2-3,8H,4-7,9H2,1H3,(H,17,20). The van der Waals surface area contributed by atoms with E-state index >= 15 is 0 Å². The Kier molecular flexibility index (Phi) is 6.25. The molecule has 0 aliphatic carbocycles. The van der Waals surface area contributed by atoms with Gasteiger partial charge >= 0.3 is 0 Å². The highest BCUT2D eigenvalue weighted by molar-refractivity contribution is 14.1. The Morgan fingerprint density at radius 3 is 3.05 bits per heavy atom. The van der Waals surface area contributed by atoms with Gasteiger partial charge in [0.2, 0.25) is 5.91 Å². The number of fused-ring (bicyclic) bond motifs is 1. The molecule has 0 radical (unpaired) electrons. The SMILES string of the molecule is COCCNC(=O)CCn1c(CCl)nc2cc(I)ccc21. The van der Waals surface area contributed by atoms with Crippen LogP contribution in [0.1, 0.15) is 12.2 Å². The van der Waals surface area contributed by atoms with Gasteiger partial charge in [-0.25, -0.2) is 4.98 Å². The molecule has 2 aromatic rings. The van der Waals surface area contributed by atoms with Crippen molar-refractivity contribution in [3.8, 4) is 0 Å². The van der Waals surface area contributed by atoms with Crippen LogP contribution in [0.3, 0.4) is 0 Å². The fraction of sp³-hybridized carbons (Fsp3) is 0.429. The summed E-state index contributed by atoms with van der Waals surface area (Å²) in [5.41, 5.74) is 1.92. The van der Waals surface area contributed by atoms with Crippen molar-refractivity contribution >= 4 is 51.1 Å². The molecule has 1 N–H and O–H groups in total. The smallest absolute Gasteiger partial charge is 0.221 e. The fourth-order valence-corrected chi connectivity index (χ4v) is 2.78. The number of benzene rings is 1. The summed E-state index contributed by atoms with van der Waals surface area (Å²) in [5.74, 6) is 1.12. The molecule has 7 heteroatoms. The molecule has 0 aliphatic heterocycles. The highest BCUT2D eigenvalue weighted by Gasteiger charge is 2.11. The van der Waals surface area contributed by atoms with Gasteiger partial charge in [0, 0.05) is 30.2 Å². The van der Waals surface area contributed by atoms with Gasteiger partial charge in [0.05, 0.1) is 23.5 Å². The van der Waals surface area contributed by atoms with Crippen LogP contribution >= 0.6 is 34.2 Å². The predicted octanol–water partition coefficient (Wildman–Crippen LogP) is 2.53. The number of ether oxygens (including phenoxy) is 1. The zero-order valence-corrected chi connectivity index (χ0v) is 14.6. The Labute approximate surface area is 142 Å². The second-order valence-corrected chi connectivity index (χ2v) is 6.05. The molecule has 0 unspecified atom stereocenters. The van der Waals surface area contributed by atoms with Crippen LogP contribution in [-0.4, -0.2) is 35.7 Å². The number of alkyl halides is 1. The van der Waals surface area contributed by atoms with Gasteiger partial charge < -0.3 is 14.6 Å². The van der Waals surface area contributed by atoms with Crippen molar-refractivity contribution in [1.82, 2.24) is 14.9 Å². The van der Waals surface area contributed by atoms with E-state index in [9.17, 15) is 4.79 Å². The van der Waals surface area contributed by atoms with Gasteiger partial charge in [-0.15, -0.1) is 11.6 Å². The van der Waals surface area contributed by atoms with Gasteiger partial charge in [-0.05, 0) is 40.8 Å². The summed E-state index contributed by atoms with van der Waals surface area (Å²) in [5, 5.41) is 2.81. The molecule has 2 rings (SSSR count). The van der Waals surface area contributed by atoms with Gasteiger partial charge in [0.15, 0.2) is 0 Å². The fourth-order valence-electron chi connectivity index (χ4n) is 2.10. The topological polar surface area (TPSA) is 56.1 Å². The Morgan fingerprint density at radius 1 is 1.52 bits per heavy atom. The van der Waals surface area contributed by atoms with E-state index in [0.29, 0.717) is 32.0 Å². The number of carbonyl (C=O) groups is 1. The quantitative estimate of drug-likeness (QED) is 0.425. The third-order valence-corrected chi connectivity index (χ3v) is 4.01. The first kappa shape index (κ1) is 16.5. The van der Waals surface area contributed by atoms with Crippen LogP contribution in [0.15, 0.2) is 18.2 Å². The molecule has 0 fully saturated rings. The van der Waals surface area contributed by atoms with Crippen molar-refractivity contribution in [2.45, 2.75) is 18.8 Å². The molecule has 0 saturated heterocycles. The molecular formula is C14H17ClIN3O2. The summed E-state index contributed by atoms with van der Waals surface area (Å²) in [6, 6.07) is 6.06. The number of halogens is 2. The van der Waals surface area contributed by atoms with Crippen LogP contribution in [0.4, 0.5) is 0 Å². The first-order chi connectivity index (χ1) is 10.2. The molecule has 1 amide bonds. The van der Waals surface area contributed by atoms with Crippen LogP contribution in [0, 0.1) is 3.57 Å². The largest absolute Gasteiger partial charge is 0.383 e. The van der Waals surface area contributed by atoms with Crippen LogP contribution in [-0.2, 0) is 22.0 Å². The average molecular weight is 422 g/mol. The Morgan fingerprint density at radius 2 is 2.33 bits per heavy atom. The number of hydrogen-bond donors (Lipinski definition) is 1. The lowest BCUT2D eigenvalue weighted by Crippen LogP contribution is -2.27. The average Bonchev–Trinajstić information content (AvgIpc) is 2.82. The number of amides is 1. The van der Waals surface area contributed by atoms with Crippen LogP contribution in [0.25, 0.3) is 11.0 Å². The molecule has 21 heavy (non-hydrogen) atoms. The van der Waals surface area contributed by atoms with E-state index in [1.165, 1.54) is 0 Å². The maximum atomic E-state index is 11.8. The molecule has 114 valence electrons. The predicted molar refractivity (Wildman–Crippen MR) is 91.5 cm³/mol. The lowest BCUT2D eigenvalue weighted by molar-refractivity contribution is -0.121. The van der Waals surface area contributed by atoms with Crippen molar-refractivity contribution in [1.29, 1.82) is 0 Å². The summed E-state index contributed by atoms with van der Waals surface area (Å²) in [4.78, 5) is 16.3. The summed E-state index contributed by atoms with van der Waals surface area (Å²) in [7, 11) is 1.61. The summed E-state index contributed by atoms with van der Waals surface area (Å²) < 4.78 is 8.04. The minimum Gasteiger partial charge on any atom is -0.383 e. The van der Waals surface area contributed by atoms with E-state index in [1.807, 2.05) is 22.8 Å². The lowest BCUT2D eigenvalue weighted by atomic mass is 10.3. The number of carbonyl (C=O) groups excluding carboxylic acids is 1. The van der Waals surface area contributed by atoms with Crippen molar-refractivity contribution in [2.24, 2.45) is 0 Å². The Balaban J connectivity index is 2.08. The minimum atomic E-state index is -0.0000610. The third-order valence-electron chi connectivity index (χ3n) is 3.10. The van der Waals surface area contributed by atoms with Crippen LogP contribution in [0.2, 0.25) is 0 Å². The van der Waals surface area contributed by atoms with Gasteiger partial charge in [-0.3, -0.25) is 4.79 Å². The molecule has 0 saturated carbocycles. The molecule has 1 aromatic heterocycles. The van der Waals surface area contributed by atoms with Crippen molar-refractivity contribution in [2.75, 3.05) is 20.3 Å². The van der Waals surface area contributed by atoms with Gasteiger partial charge in [-0.1, -0.05) is 0 Å². The second kappa shape index (κ2) is 7.95. The molecule has 0 aliphatic rings. The van der Waals surface area contributed by atoms with Crippen molar-refractivity contribution in [3.05, 3.63) is 27.6 Å². The number of methoxy groups -OCH3 is 1. The highest BCUT2D eigenvalue weighted by atomic mass is 127. The van der Waals surface area contributed by atoms with Crippen LogP contribution < -0.4 is 5.32 Å². The maximum absolute atomic E-state index is 11.8. The van der Waals surface area contributed by atoms with E-state index in [4.69, 9.17) is 16.3 Å². The number of nitrogens with zero attached hydrogens (tertiary/aromatic N) is 2. The number of imidazole rings is 1. The van der Waals surface area contributed by atoms with E-state index in [1.54, 1.807) is 7.11 Å². The van der Waals surface area contributed by atoms with E-state index in [0.717, 1.165) is 20.4 Å².